The van der Waals surface area contributed by atoms with Crippen LogP contribution in [0.5, 0.6) is 5.75 Å². The highest BCUT2D eigenvalue weighted by molar-refractivity contribution is 7.10. The van der Waals surface area contributed by atoms with E-state index in [1.165, 1.54) is 23.5 Å². The number of anilines is 2. The van der Waals surface area contributed by atoms with Crippen molar-refractivity contribution >= 4 is 22.5 Å². The van der Waals surface area contributed by atoms with Gasteiger partial charge in [0.2, 0.25) is 5.95 Å². The Hall–Kier alpha value is -2.61. The van der Waals surface area contributed by atoms with Crippen molar-refractivity contribution in [2.45, 2.75) is 44.7 Å². The average molecular weight is 449 g/mol. The van der Waals surface area contributed by atoms with E-state index < -0.39 is 0 Å². The summed E-state index contributed by atoms with van der Waals surface area (Å²) in [4.78, 5) is 7.56. The summed E-state index contributed by atoms with van der Waals surface area (Å²) in [6, 6.07) is 11.1. The lowest BCUT2D eigenvalue weighted by Gasteiger charge is -2.38. The number of hydrogen-bond acceptors (Lipinski definition) is 7. The largest absolute Gasteiger partial charge is 0.497 e. The molecule has 0 bridgehead atoms. The molecule has 4 aliphatic rings. The van der Waals surface area contributed by atoms with Crippen molar-refractivity contribution in [1.82, 2.24) is 19.1 Å². The fourth-order valence-corrected chi connectivity index (χ4v) is 7.38. The molecule has 2 aliphatic carbocycles. The van der Waals surface area contributed by atoms with Crippen molar-refractivity contribution in [2.75, 3.05) is 30.4 Å². The molecule has 2 unspecified atom stereocenters. The lowest BCUT2D eigenvalue weighted by molar-refractivity contribution is 0.193. The maximum Gasteiger partial charge on any atom is 0.242 e. The van der Waals surface area contributed by atoms with Gasteiger partial charge in [0.1, 0.15) is 16.6 Å². The summed E-state index contributed by atoms with van der Waals surface area (Å²) in [5, 5.41) is 9.96. The van der Waals surface area contributed by atoms with E-state index in [1.807, 2.05) is 12.1 Å². The Kier molecular flexibility index (Phi) is 3.96. The third-order valence-electron chi connectivity index (χ3n) is 8.30. The molecule has 3 aromatic rings. The second-order valence-electron chi connectivity index (χ2n) is 9.99. The number of fused-ring (bicyclic) bond motifs is 1. The van der Waals surface area contributed by atoms with Crippen LogP contribution >= 0.6 is 11.5 Å². The Balaban J connectivity index is 1.09. The second-order valence-corrected chi connectivity index (χ2v) is 10.8. The van der Waals surface area contributed by atoms with Crippen LogP contribution in [0.25, 0.3) is 0 Å². The molecular formula is C24H28N6OS. The summed E-state index contributed by atoms with van der Waals surface area (Å²) >= 11 is 1.64. The highest BCUT2D eigenvalue weighted by atomic mass is 32.1. The van der Waals surface area contributed by atoms with Gasteiger partial charge >= 0.3 is 0 Å². The molecule has 0 amide bonds. The Bertz CT molecular complexity index is 1170. The lowest BCUT2D eigenvalue weighted by atomic mass is 9.71. The van der Waals surface area contributed by atoms with Gasteiger partial charge in [0, 0.05) is 37.5 Å². The van der Waals surface area contributed by atoms with Gasteiger partial charge in [0.25, 0.3) is 0 Å². The Morgan fingerprint density at radius 3 is 2.88 bits per heavy atom. The van der Waals surface area contributed by atoms with Gasteiger partial charge in [-0.05, 0) is 72.8 Å². The minimum atomic E-state index is 0.302. The van der Waals surface area contributed by atoms with Crippen LogP contribution < -0.4 is 15.0 Å². The zero-order chi connectivity index (χ0) is 21.4. The van der Waals surface area contributed by atoms with Crippen molar-refractivity contribution in [3.8, 4) is 5.75 Å². The number of ether oxygens (including phenoxy) is 1. The average Bonchev–Trinajstić information content (AvgIpc) is 3.15. The number of nitrogens with zero attached hydrogens (tertiary/aromatic N) is 5. The van der Waals surface area contributed by atoms with Crippen LogP contribution in [0.2, 0.25) is 0 Å². The summed E-state index contributed by atoms with van der Waals surface area (Å²) < 4.78 is 11.9. The number of hydrogen-bond donors (Lipinski definition) is 1. The number of benzene rings is 1. The van der Waals surface area contributed by atoms with Gasteiger partial charge in [-0.2, -0.15) is 9.36 Å². The van der Waals surface area contributed by atoms with Gasteiger partial charge in [-0.3, -0.25) is 0 Å². The molecule has 8 heteroatoms. The molecule has 4 heterocycles. The first-order valence-corrected chi connectivity index (χ1v) is 12.5. The van der Waals surface area contributed by atoms with E-state index in [9.17, 15) is 0 Å². The maximum absolute atomic E-state index is 5.33. The second kappa shape index (κ2) is 6.70. The summed E-state index contributed by atoms with van der Waals surface area (Å²) in [5.74, 6) is 4.56. The summed E-state index contributed by atoms with van der Waals surface area (Å²) in [7, 11) is 1.71. The molecule has 1 N–H and O–H groups in total. The molecule has 32 heavy (non-hydrogen) atoms. The number of methoxy groups -OCH3 is 1. The Labute approximate surface area is 192 Å². The van der Waals surface area contributed by atoms with Gasteiger partial charge in [-0.25, -0.2) is 4.68 Å². The van der Waals surface area contributed by atoms with Crippen LogP contribution in [0.4, 0.5) is 10.9 Å². The van der Waals surface area contributed by atoms with Gasteiger partial charge in [0.05, 0.1) is 12.8 Å². The quantitative estimate of drug-likeness (QED) is 0.638. The van der Waals surface area contributed by atoms with Crippen molar-refractivity contribution in [3.05, 3.63) is 47.4 Å². The number of nitrogens with one attached hydrogen (secondary N) is 1. The molecule has 2 aromatic heterocycles. The minimum Gasteiger partial charge on any atom is -0.497 e. The van der Waals surface area contributed by atoms with Crippen LogP contribution in [-0.2, 0) is 6.54 Å². The van der Waals surface area contributed by atoms with Gasteiger partial charge < -0.3 is 15.0 Å². The van der Waals surface area contributed by atoms with E-state index >= 15 is 0 Å². The van der Waals surface area contributed by atoms with Crippen molar-refractivity contribution in [2.24, 2.45) is 17.3 Å². The summed E-state index contributed by atoms with van der Waals surface area (Å²) in [5.41, 5.74) is 2.95. The number of aromatic nitrogens is 4. The first kappa shape index (κ1) is 18.9. The molecule has 2 saturated carbocycles. The minimum absolute atomic E-state index is 0.302. The Morgan fingerprint density at radius 1 is 1.22 bits per heavy atom. The van der Waals surface area contributed by atoms with Gasteiger partial charge in [-0.15, -0.1) is 5.10 Å². The van der Waals surface area contributed by atoms with Gasteiger partial charge in [0.15, 0.2) is 0 Å². The molecule has 2 aliphatic heterocycles. The van der Waals surface area contributed by atoms with E-state index in [-0.39, 0.29) is 0 Å². The van der Waals surface area contributed by atoms with Crippen molar-refractivity contribution in [3.63, 3.8) is 0 Å². The highest BCUT2D eigenvalue weighted by Crippen LogP contribution is 2.74. The fourth-order valence-electron chi connectivity index (χ4n) is 6.61. The molecule has 0 radical (unpaired) electrons. The molecule has 1 saturated heterocycles. The van der Waals surface area contributed by atoms with Gasteiger partial charge in [-0.1, -0.05) is 12.1 Å². The first-order chi connectivity index (χ1) is 15.6. The predicted octanol–water partition coefficient (Wildman–Crippen LogP) is 3.91. The molecule has 1 spiro atoms. The van der Waals surface area contributed by atoms with Crippen molar-refractivity contribution < 1.29 is 4.74 Å². The standard InChI is InChI=1S/C24H28N6OS/c1-14-10-20(32-28-14)29-12-19-21(18-11-24(18,19)13-29)25-23-26-22-17(4-3-9-30(22)27-23)15-5-7-16(31-2)8-6-15/h5-8,10,17-19,21H,3-4,9,11-13H2,1-2H3,(H,25,27)/t17?,18-,19-,21+,24?/m0/s1. The van der Waals surface area contributed by atoms with E-state index in [1.54, 1.807) is 18.6 Å². The highest BCUT2D eigenvalue weighted by Gasteiger charge is 2.76. The van der Waals surface area contributed by atoms with Crippen molar-refractivity contribution in [1.29, 1.82) is 0 Å². The molecule has 3 fully saturated rings. The zero-order valence-corrected chi connectivity index (χ0v) is 19.3. The summed E-state index contributed by atoms with van der Waals surface area (Å²) in [6.45, 7) is 5.35. The number of aryl methyl sites for hydroxylation is 2. The zero-order valence-electron chi connectivity index (χ0n) is 18.5. The maximum atomic E-state index is 5.33. The molecule has 7 nitrogen and oxygen atoms in total. The molecule has 5 atom stereocenters. The first-order valence-electron chi connectivity index (χ1n) is 11.7. The van der Waals surface area contributed by atoms with Crippen LogP contribution in [0.3, 0.4) is 0 Å². The topological polar surface area (TPSA) is 68.1 Å². The summed E-state index contributed by atoms with van der Waals surface area (Å²) in [6.07, 6.45) is 3.59. The SMILES string of the molecule is COc1ccc(C2CCCn3nc(N[C@H]4[C@@H]5CN(c6cc(C)ns6)CC56C[C@@H]46)nc32)cc1. The van der Waals surface area contributed by atoms with E-state index in [2.05, 4.69) is 44.4 Å². The molecular weight excluding hydrogens is 420 g/mol. The molecule has 1 aromatic carbocycles. The number of rotatable bonds is 5. The van der Waals surface area contributed by atoms with E-state index in [0.29, 0.717) is 23.3 Å². The Morgan fingerprint density at radius 2 is 2.09 bits per heavy atom. The van der Waals surface area contributed by atoms with E-state index in [0.717, 1.165) is 55.1 Å². The molecule has 7 rings (SSSR count). The third-order valence-corrected chi connectivity index (χ3v) is 9.24. The fraction of sp³-hybridized carbons (Fsp3) is 0.542. The van der Waals surface area contributed by atoms with Crippen LogP contribution in [0.1, 0.15) is 42.3 Å². The predicted molar refractivity (Wildman–Crippen MR) is 125 cm³/mol. The molecule has 166 valence electrons. The monoisotopic (exact) mass is 448 g/mol. The smallest absolute Gasteiger partial charge is 0.242 e. The van der Waals surface area contributed by atoms with E-state index in [4.69, 9.17) is 14.8 Å². The normalized spacial score (nSPS) is 32.0. The lowest BCUT2D eigenvalue weighted by Crippen LogP contribution is -2.47. The van der Waals surface area contributed by atoms with Crippen LogP contribution in [-0.4, -0.2) is 45.4 Å². The van der Waals surface area contributed by atoms with Crippen LogP contribution in [0, 0.1) is 24.2 Å². The third kappa shape index (κ3) is 2.68. The van der Waals surface area contributed by atoms with Crippen LogP contribution in [0.15, 0.2) is 30.3 Å².